The highest BCUT2D eigenvalue weighted by Crippen LogP contribution is 2.23. The van der Waals surface area contributed by atoms with Crippen molar-refractivity contribution in [2.75, 3.05) is 32.7 Å². The molecule has 1 heterocycles. The third kappa shape index (κ3) is 4.85. The molecule has 1 aromatic rings. The minimum absolute atomic E-state index is 0.110. The van der Waals surface area contributed by atoms with Gasteiger partial charge in [0.25, 0.3) is 5.91 Å². The molecule has 0 atom stereocenters. The lowest BCUT2D eigenvalue weighted by Crippen LogP contribution is -2.48. The van der Waals surface area contributed by atoms with Gasteiger partial charge < -0.3 is 15.1 Å². The van der Waals surface area contributed by atoms with Crippen molar-refractivity contribution in [3.8, 4) is 0 Å². The van der Waals surface area contributed by atoms with Crippen LogP contribution in [0.2, 0.25) is 0 Å². The third-order valence-electron chi connectivity index (χ3n) is 5.75. The van der Waals surface area contributed by atoms with E-state index in [9.17, 15) is 9.59 Å². The van der Waals surface area contributed by atoms with Gasteiger partial charge in [-0.1, -0.05) is 38.3 Å². The predicted molar refractivity (Wildman–Crippen MR) is 103 cm³/mol. The van der Waals surface area contributed by atoms with E-state index in [0.29, 0.717) is 6.54 Å². The van der Waals surface area contributed by atoms with E-state index in [0.717, 1.165) is 56.7 Å². The van der Waals surface area contributed by atoms with Crippen molar-refractivity contribution in [2.45, 2.75) is 45.6 Å². The summed E-state index contributed by atoms with van der Waals surface area (Å²) in [5.74, 6) is 0.476. The van der Waals surface area contributed by atoms with Gasteiger partial charge in [0.1, 0.15) is 0 Å². The first-order chi connectivity index (χ1) is 12.7. The van der Waals surface area contributed by atoms with Gasteiger partial charge in [-0.25, -0.2) is 0 Å². The maximum absolute atomic E-state index is 12.6. The van der Waals surface area contributed by atoms with Gasteiger partial charge in [0.2, 0.25) is 5.91 Å². The molecule has 142 valence electrons. The molecule has 1 aliphatic carbocycles. The molecule has 1 saturated carbocycles. The van der Waals surface area contributed by atoms with Crippen LogP contribution >= 0.6 is 0 Å². The molecule has 2 fully saturated rings. The number of carbonyl (C=O) groups is 2. The molecule has 0 spiro atoms. The minimum atomic E-state index is 0.110. The topological polar surface area (TPSA) is 52.6 Å². The van der Waals surface area contributed by atoms with Crippen LogP contribution in [0.4, 0.5) is 0 Å². The number of carbonyl (C=O) groups excluding carboxylic acids is 2. The van der Waals surface area contributed by atoms with Crippen LogP contribution in [0.15, 0.2) is 24.3 Å². The summed E-state index contributed by atoms with van der Waals surface area (Å²) in [4.78, 5) is 29.1. The SMILES string of the molecule is CCN1CCN(C(=O)c2ccc(CNC(=O)C3CCCCC3)cc2)CC1. The molecule has 26 heavy (non-hydrogen) atoms. The van der Waals surface area contributed by atoms with Crippen LogP contribution in [-0.4, -0.2) is 54.3 Å². The summed E-state index contributed by atoms with van der Waals surface area (Å²) in [5, 5.41) is 3.05. The van der Waals surface area contributed by atoms with E-state index >= 15 is 0 Å². The van der Waals surface area contributed by atoms with E-state index < -0.39 is 0 Å². The number of rotatable bonds is 5. The van der Waals surface area contributed by atoms with Crippen LogP contribution in [0.25, 0.3) is 0 Å². The van der Waals surface area contributed by atoms with E-state index in [4.69, 9.17) is 0 Å². The van der Waals surface area contributed by atoms with Crippen LogP contribution in [0.1, 0.15) is 54.9 Å². The Hall–Kier alpha value is -1.88. The molecule has 2 aliphatic rings. The Bertz CT molecular complexity index is 600. The second kappa shape index (κ2) is 9.17. The predicted octanol–water partition coefficient (Wildman–Crippen LogP) is 2.66. The molecule has 5 nitrogen and oxygen atoms in total. The summed E-state index contributed by atoms with van der Waals surface area (Å²) in [6.45, 7) is 7.24. The van der Waals surface area contributed by atoms with Crippen LogP contribution < -0.4 is 5.32 Å². The summed E-state index contributed by atoms with van der Waals surface area (Å²) in [6.07, 6.45) is 5.63. The summed E-state index contributed by atoms with van der Waals surface area (Å²) in [7, 11) is 0. The zero-order chi connectivity index (χ0) is 18.4. The van der Waals surface area contributed by atoms with Gasteiger partial charge in [-0.15, -0.1) is 0 Å². The average molecular weight is 357 g/mol. The molecule has 0 unspecified atom stereocenters. The molecule has 2 amide bonds. The average Bonchev–Trinajstić information content (AvgIpc) is 2.72. The Balaban J connectivity index is 1.48. The highest BCUT2D eigenvalue weighted by molar-refractivity contribution is 5.94. The molecular formula is C21H31N3O2. The highest BCUT2D eigenvalue weighted by atomic mass is 16.2. The monoisotopic (exact) mass is 357 g/mol. The number of hydrogen-bond donors (Lipinski definition) is 1. The number of amides is 2. The second-order valence-corrected chi connectivity index (χ2v) is 7.48. The van der Waals surface area contributed by atoms with Gasteiger partial charge in [0, 0.05) is 44.2 Å². The fourth-order valence-corrected chi connectivity index (χ4v) is 3.91. The van der Waals surface area contributed by atoms with Crippen LogP contribution in [-0.2, 0) is 11.3 Å². The fourth-order valence-electron chi connectivity index (χ4n) is 3.91. The summed E-state index contributed by atoms with van der Waals surface area (Å²) < 4.78 is 0. The molecule has 1 saturated heterocycles. The third-order valence-corrected chi connectivity index (χ3v) is 5.75. The van der Waals surface area contributed by atoms with Crippen molar-refractivity contribution < 1.29 is 9.59 Å². The van der Waals surface area contributed by atoms with Crippen molar-refractivity contribution in [2.24, 2.45) is 5.92 Å². The molecule has 1 aliphatic heterocycles. The maximum Gasteiger partial charge on any atom is 0.253 e. The molecule has 1 N–H and O–H groups in total. The molecular weight excluding hydrogens is 326 g/mol. The number of benzene rings is 1. The first-order valence-corrected chi connectivity index (χ1v) is 10.1. The first-order valence-electron chi connectivity index (χ1n) is 10.1. The summed E-state index contributed by atoms with van der Waals surface area (Å²) in [6, 6.07) is 7.68. The molecule has 3 rings (SSSR count). The zero-order valence-electron chi connectivity index (χ0n) is 15.9. The van der Waals surface area contributed by atoms with Crippen LogP contribution in [0, 0.1) is 5.92 Å². The normalized spacial score (nSPS) is 19.3. The molecule has 0 radical (unpaired) electrons. The van der Waals surface area contributed by atoms with E-state index in [1.807, 2.05) is 29.2 Å². The first kappa shape index (κ1) is 18.9. The number of likely N-dealkylation sites (N-methyl/N-ethyl adjacent to an activating group) is 1. The zero-order valence-corrected chi connectivity index (χ0v) is 15.9. The number of hydrogen-bond acceptors (Lipinski definition) is 3. The van der Waals surface area contributed by atoms with Gasteiger partial charge in [0.05, 0.1) is 0 Å². The Morgan fingerprint density at radius 1 is 1.00 bits per heavy atom. The second-order valence-electron chi connectivity index (χ2n) is 7.48. The van der Waals surface area contributed by atoms with Crippen LogP contribution in [0.5, 0.6) is 0 Å². The van der Waals surface area contributed by atoms with Crippen molar-refractivity contribution >= 4 is 11.8 Å². The number of piperazine rings is 1. The summed E-state index contributed by atoms with van der Waals surface area (Å²) in [5.41, 5.74) is 1.78. The van der Waals surface area contributed by atoms with Crippen molar-refractivity contribution in [3.05, 3.63) is 35.4 Å². The Morgan fingerprint density at radius 3 is 2.27 bits per heavy atom. The van der Waals surface area contributed by atoms with E-state index in [1.54, 1.807) is 0 Å². The standard InChI is InChI=1S/C21H31N3O2/c1-2-23-12-14-24(15-13-23)21(26)19-10-8-17(9-11-19)16-22-20(25)18-6-4-3-5-7-18/h8-11,18H,2-7,12-16H2,1H3,(H,22,25). The summed E-state index contributed by atoms with van der Waals surface area (Å²) >= 11 is 0. The Morgan fingerprint density at radius 2 is 1.65 bits per heavy atom. The molecule has 0 bridgehead atoms. The van der Waals surface area contributed by atoms with Gasteiger partial charge in [0.15, 0.2) is 0 Å². The lowest BCUT2D eigenvalue weighted by molar-refractivity contribution is -0.126. The molecule has 5 heteroatoms. The Kier molecular flexibility index (Phi) is 6.67. The van der Waals surface area contributed by atoms with Crippen molar-refractivity contribution in [1.29, 1.82) is 0 Å². The quantitative estimate of drug-likeness (QED) is 0.881. The number of nitrogens with zero attached hydrogens (tertiary/aromatic N) is 2. The lowest BCUT2D eigenvalue weighted by Gasteiger charge is -2.34. The van der Waals surface area contributed by atoms with Gasteiger partial charge >= 0.3 is 0 Å². The van der Waals surface area contributed by atoms with E-state index in [-0.39, 0.29) is 17.7 Å². The minimum Gasteiger partial charge on any atom is -0.352 e. The smallest absolute Gasteiger partial charge is 0.253 e. The Labute approximate surface area is 156 Å². The highest BCUT2D eigenvalue weighted by Gasteiger charge is 2.22. The van der Waals surface area contributed by atoms with Crippen molar-refractivity contribution in [3.63, 3.8) is 0 Å². The largest absolute Gasteiger partial charge is 0.352 e. The van der Waals surface area contributed by atoms with E-state index in [2.05, 4.69) is 17.1 Å². The van der Waals surface area contributed by atoms with Crippen LogP contribution in [0.3, 0.4) is 0 Å². The van der Waals surface area contributed by atoms with Gasteiger partial charge in [-0.2, -0.15) is 0 Å². The van der Waals surface area contributed by atoms with Crippen molar-refractivity contribution in [1.82, 2.24) is 15.1 Å². The maximum atomic E-state index is 12.6. The number of nitrogens with one attached hydrogen (secondary N) is 1. The molecule has 1 aromatic carbocycles. The van der Waals surface area contributed by atoms with Gasteiger partial charge in [-0.3, -0.25) is 9.59 Å². The lowest BCUT2D eigenvalue weighted by atomic mass is 9.88. The van der Waals surface area contributed by atoms with E-state index in [1.165, 1.54) is 19.3 Å². The molecule has 0 aromatic heterocycles. The fraction of sp³-hybridized carbons (Fsp3) is 0.619. The van der Waals surface area contributed by atoms with Gasteiger partial charge in [-0.05, 0) is 37.1 Å².